The number of amides is 1. The molecule has 1 aliphatic heterocycles. The Morgan fingerprint density at radius 1 is 1.50 bits per heavy atom. The van der Waals surface area contributed by atoms with Crippen LogP contribution in [-0.2, 0) is 11.3 Å². The molecule has 1 aromatic rings. The predicted molar refractivity (Wildman–Crippen MR) is 80.3 cm³/mol. The summed E-state index contributed by atoms with van der Waals surface area (Å²) in [7, 11) is 0. The number of nitrogens with two attached hydrogens (primary N) is 1. The molecule has 110 valence electrons. The maximum Gasteiger partial charge on any atom is 0.236 e. The number of hydrogen-bond donors (Lipinski definition) is 2. The van der Waals surface area contributed by atoms with E-state index in [1.807, 2.05) is 18.3 Å². The molecule has 1 atom stereocenters. The van der Waals surface area contributed by atoms with Crippen molar-refractivity contribution in [3.05, 3.63) is 23.9 Å². The summed E-state index contributed by atoms with van der Waals surface area (Å²) in [5, 5.41) is 2.79. The topological polar surface area (TPSA) is 71.2 Å². The number of piperidine rings is 1. The van der Waals surface area contributed by atoms with E-state index >= 15 is 0 Å². The molecule has 2 rings (SSSR count). The lowest BCUT2D eigenvalue weighted by Gasteiger charge is -2.31. The van der Waals surface area contributed by atoms with E-state index in [0.717, 1.165) is 30.4 Å². The fourth-order valence-electron chi connectivity index (χ4n) is 2.30. The third kappa shape index (κ3) is 3.93. The number of anilines is 1. The summed E-state index contributed by atoms with van der Waals surface area (Å²) in [5.41, 5.74) is 6.49. The van der Waals surface area contributed by atoms with Gasteiger partial charge in [-0.25, -0.2) is 4.98 Å². The third-order valence-electron chi connectivity index (χ3n) is 3.80. The number of rotatable bonds is 4. The zero-order valence-electron chi connectivity index (χ0n) is 12.3. The Morgan fingerprint density at radius 2 is 2.20 bits per heavy atom. The molecular formula is C15H24N4O. The van der Waals surface area contributed by atoms with Crippen molar-refractivity contribution in [3.63, 3.8) is 0 Å². The lowest BCUT2D eigenvalue weighted by molar-refractivity contribution is -0.122. The average Bonchev–Trinajstić information content (AvgIpc) is 2.46. The van der Waals surface area contributed by atoms with E-state index in [1.165, 1.54) is 12.8 Å². The molecule has 0 bridgehead atoms. The van der Waals surface area contributed by atoms with Gasteiger partial charge in [-0.3, -0.25) is 4.79 Å². The monoisotopic (exact) mass is 276 g/mol. The Hall–Kier alpha value is -1.62. The van der Waals surface area contributed by atoms with Crippen molar-refractivity contribution in [2.75, 3.05) is 18.0 Å². The SMILES string of the molecule is CC1CCN(c2ccc(CNC(=O)[C@@H](C)N)cn2)CC1. The summed E-state index contributed by atoms with van der Waals surface area (Å²) in [5.74, 6) is 1.71. The summed E-state index contributed by atoms with van der Waals surface area (Å²) in [6.07, 6.45) is 4.29. The van der Waals surface area contributed by atoms with Gasteiger partial charge in [0.25, 0.3) is 0 Å². The number of pyridine rings is 1. The molecule has 1 saturated heterocycles. The van der Waals surface area contributed by atoms with Gasteiger partial charge in [-0.1, -0.05) is 13.0 Å². The molecule has 1 fully saturated rings. The van der Waals surface area contributed by atoms with Crippen LogP contribution in [-0.4, -0.2) is 30.0 Å². The minimum atomic E-state index is -0.474. The number of carbonyl (C=O) groups excluding carboxylic acids is 1. The van der Waals surface area contributed by atoms with Gasteiger partial charge in [-0.2, -0.15) is 0 Å². The van der Waals surface area contributed by atoms with Crippen LogP contribution in [0.5, 0.6) is 0 Å². The van der Waals surface area contributed by atoms with Crippen molar-refractivity contribution >= 4 is 11.7 Å². The Labute approximate surface area is 120 Å². The minimum Gasteiger partial charge on any atom is -0.357 e. The molecule has 3 N–H and O–H groups in total. The molecule has 5 heteroatoms. The highest BCUT2D eigenvalue weighted by Crippen LogP contribution is 2.21. The second kappa shape index (κ2) is 6.70. The van der Waals surface area contributed by atoms with Gasteiger partial charge in [0.1, 0.15) is 5.82 Å². The summed E-state index contributed by atoms with van der Waals surface area (Å²) >= 11 is 0. The minimum absolute atomic E-state index is 0.140. The van der Waals surface area contributed by atoms with Crippen molar-refractivity contribution in [1.29, 1.82) is 0 Å². The zero-order valence-corrected chi connectivity index (χ0v) is 12.3. The average molecular weight is 276 g/mol. The van der Waals surface area contributed by atoms with Crippen molar-refractivity contribution in [1.82, 2.24) is 10.3 Å². The molecule has 0 unspecified atom stereocenters. The standard InChI is InChI=1S/C15H24N4O/c1-11-5-7-19(8-6-11)14-4-3-13(9-17-14)10-18-15(20)12(2)16/h3-4,9,11-12H,5-8,10,16H2,1-2H3,(H,18,20)/t12-/m1/s1. The largest absolute Gasteiger partial charge is 0.357 e. The number of carbonyl (C=O) groups is 1. The van der Waals surface area contributed by atoms with Gasteiger partial charge in [0.15, 0.2) is 0 Å². The van der Waals surface area contributed by atoms with Gasteiger partial charge >= 0.3 is 0 Å². The molecule has 0 saturated carbocycles. The molecular weight excluding hydrogens is 252 g/mol. The summed E-state index contributed by atoms with van der Waals surface area (Å²) in [4.78, 5) is 18.2. The quantitative estimate of drug-likeness (QED) is 0.869. The maximum atomic E-state index is 11.4. The van der Waals surface area contributed by atoms with Crippen LogP contribution in [0.25, 0.3) is 0 Å². The van der Waals surface area contributed by atoms with E-state index in [9.17, 15) is 4.79 Å². The number of nitrogens with one attached hydrogen (secondary N) is 1. The van der Waals surface area contributed by atoms with E-state index in [2.05, 4.69) is 22.1 Å². The van der Waals surface area contributed by atoms with Gasteiger partial charge in [0, 0.05) is 25.8 Å². The predicted octanol–water partition coefficient (Wildman–Crippen LogP) is 1.28. The summed E-state index contributed by atoms with van der Waals surface area (Å²) < 4.78 is 0. The Kier molecular flexibility index (Phi) is 4.95. The third-order valence-corrected chi connectivity index (χ3v) is 3.80. The van der Waals surface area contributed by atoms with Crippen LogP contribution in [0.15, 0.2) is 18.3 Å². The first-order valence-electron chi connectivity index (χ1n) is 7.29. The number of hydrogen-bond acceptors (Lipinski definition) is 4. The van der Waals surface area contributed by atoms with E-state index in [4.69, 9.17) is 5.73 Å². The molecule has 1 amide bonds. The lowest BCUT2D eigenvalue weighted by Crippen LogP contribution is -2.37. The molecule has 0 aliphatic carbocycles. The molecule has 2 heterocycles. The molecule has 1 aromatic heterocycles. The van der Waals surface area contributed by atoms with Crippen LogP contribution in [0.3, 0.4) is 0 Å². The summed E-state index contributed by atoms with van der Waals surface area (Å²) in [6, 6.07) is 3.57. The number of nitrogens with zero attached hydrogens (tertiary/aromatic N) is 2. The van der Waals surface area contributed by atoms with Crippen molar-refractivity contribution in [2.45, 2.75) is 39.3 Å². The Bertz CT molecular complexity index is 436. The van der Waals surface area contributed by atoms with E-state index in [1.54, 1.807) is 6.92 Å². The Morgan fingerprint density at radius 3 is 2.75 bits per heavy atom. The summed E-state index contributed by atoms with van der Waals surface area (Å²) in [6.45, 7) is 6.61. The van der Waals surface area contributed by atoms with Crippen LogP contribution >= 0.6 is 0 Å². The van der Waals surface area contributed by atoms with E-state index in [-0.39, 0.29) is 5.91 Å². The maximum absolute atomic E-state index is 11.4. The first-order chi connectivity index (χ1) is 9.56. The molecule has 0 radical (unpaired) electrons. The van der Waals surface area contributed by atoms with Gasteiger partial charge in [0.2, 0.25) is 5.91 Å². The van der Waals surface area contributed by atoms with Crippen LogP contribution in [0.1, 0.15) is 32.3 Å². The van der Waals surface area contributed by atoms with Gasteiger partial charge < -0.3 is 16.0 Å². The van der Waals surface area contributed by atoms with Gasteiger partial charge in [0.05, 0.1) is 6.04 Å². The first kappa shape index (κ1) is 14.8. The highest BCUT2D eigenvalue weighted by Gasteiger charge is 2.16. The Balaban J connectivity index is 1.88. The smallest absolute Gasteiger partial charge is 0.236 e. The van der Waals surface area contributed by atoms with Gasteiger partial charge in [-0.15, -0.1) is 0 Å². The normalized spacial score (nSPS) is 17.9. The highest BCUT2D eigenvalue weighted by molar-refractivity contribution is 5.80. The van der Waals surface area contributed by atoms with Crippen molar-refractivity contribution in [2.24, 2.45) is 11.7 Å². The molecule has 0 spiro atoms. The van der Waals surface area contributed by atoms with Gasteiger partial charge in [-0.05, 0) is 37.3 Å². The molecule has 5 nitrogen and oxygen atoms in total. The van der Waals surface area contributed by atoms with Crippen LogP contribution in [0.4, 0.5) is 5.82 Å². The van der Waals surface area contributed by atoms with E-state index < -0.39 is 6.04 Å². The van der Waals surface area contributed by atoms with Crippen LogP contribution in [0, 0.1) is 5.92 Å². The molecule has 0 aromatic carbocycles. The van der Waals surface area contributed by atoms with Crippen LogP contribution < -0.4 is 16.0 Å². The molecule has 20 heavy (non-hydrogen) atoms. The highest BCUT2D eigenvalue weighted by atomic mass is 16.2. The zero-order chi connectivity index (χ0) is 14.5. The van der Waals surface area contributed by atoms with E-state index in [0.29, 0.717) is 6.54 Å². The van der Waals surface area contributed by atoms with Crippen molar-refractivity contribution in [3.8, 4) is 0 Å². The fraction of sp³-hybridized carbons (Fsp3) is 0.600. The van der Waals surface area contributed by atoms with Crippen molar-refractivity contribution < 1.29 is 4.79 Å². The lowest BCUT2D eigenvalue weighted by atomic mass is 9.99. The second-order valence-corrected chi connectivity index (χ2v) is 5.70. The molecule has 1 aliphatic rings. The first-order valence-corrected chi connectivity index (χ1v) is 7.29. The number of aromatic nitrogens is 1. The second-order valence-electron chi connectivity index (χ2n) is 5.70. The van der Waals surface area contributed by atoms with Crippen LogP contribution in [0.2, 0.25) is 0 Å². The fourth-order valence-corrected chi connectivity index (χ4v) is 2.30.